The van der Waals surface area contributed by atoms with Crippen molar-refractivity contribution in [3.05, 3.63) is 82.9 Å². The van der Waals surface area contributed by atoms with E-state index in [-0.39, 0.29) is 30.1 Å². The Kier molecular flexibility index (Phi) is 6.30. The van der Waals surface area contributed by atoms with Crippen molar-refractivity contribution >= 4 is 35.1 Å². The van der Waals surface area contributed by atoms with Crippen molar-refractivity contribution in [1.29, 1.82) is 0 Å². The van der Waals surface area contributed by atoms with Crippen LogP contribution in [0, 0.1) is 11.8 Å². The molecule has 0 aliphatic carbocycles. The number of nitrogens with one attached hydrogen (secondary N) is 2. The van der Waals surface area contributed by atoms with E-state index in [0.717, 1.165) is 10.5 Å². The number of fused-ring (bicyclic) bond motifs is 4. The third-order valence-electron chi connectivity index (χ3n) is 8.32. The molecule has 3 aromatic rings. The Balaban J connectivity index is 1.44. The van der Waals surface area contributed by atoms with E-state index in [1.807, 2.05) is 25.1 Å². The van der Waals surface area contributed by atoms with Crippen molar-refractivity contribution in [2.24, 2.45) is 11.8 Å². The fourth-order valence-electron chi connectivity index (χ4n) is 6.41. The molecule has 1 spiro atoms. The van der Waals surface area contributed by atoms with Gasteiger partial charge in [0.25, 0.3) is 0 Å². The molecular formula is C31H29N3O7. The quantitative estimate of drug-likeness (QED) is 0.206. The fraction of sp³-hybridized carbons (Fsp3) is 0.290. The van der Waals surface area contributed by atoms with Crippen molar-refractivity contribution in [3.63, 3.8) is 0 Å². The summed E-state index contributed by atoms with van der Waals surface area (Å²) in [5, 5.41) is 26.2. The van der Waals surface area contributed by atoms with Gasteiger partial charge in [-0.05, 0) is 73.4 Å². The number of benzene rings is 3. The number of hydrogen-bond donors (Lipinski definition) is 4. The van der Waals surface area contributed by atoms with Crippen LogP contribution in [0.25, 0.3) is 0 Å². The van der Waals surface area contributed by atoms with Crippen molar-refractivity contribution < 1.29 is 34.1 Å². The normalized spacial score (nSPS) is 24.5. The molecule has 4 atom stereocenters. The average molecular weight is 556 g/mol. The van der Waals surface area contributed by atoms with Gasteiger partial charge in [-0.15, -0.1) is 0 Å². The summed E-state index contributed by atoms with van der Waals surface area (Å²) in [6.45, 7) is 3.91. The molecule has 0 bridgehead atoms. The van der Waals surface area contributed by atoms with E-state index in [0.29, 0.717) is 28.9 Å². The first-order valence-corrected chi connectivity index (χ1v) is 13.6. The lowest BCUT2D eigenvalue weighted by Crippen LogP contribution is -2.53. The van der Waals surface area contributed by atoms with E-state index in [2.05, 4.69) is 10.6 Å². The van der Waals surface area contributed by atoms with Crippen LogP contribution in [0.15, 0.2) is 60.7 Å². The molecular weight excluding hydrogens is 526 g/mol. The number of carbonyl (C=O) groups excluding carboxylic acids is 4. The minimum absolute atomic E-state index is 0.210. The van der Waals surface area contributed by atoms with Gasteiger partial charge in [0.1, 0.15) is 5.54 Å². The maximum atomic E-state index is 14.2. The highest BCUT2D eigenvalue weighted by Crippen LogP contribution is 2.54. The maximum Gasteiger partial charge on any atom is 0.338 e. The summed E-state index contributed by atoms with van der Waals surface area (Å²) in [5.41, 5.74) is 1.89. The predicted molar refractivity (Wildman–Crippen MR) is 148 cm³/mol. The maximum absolute atomic E-state index is 14.2. The van der Waals surface area contributed by atoms with Gasteiger partial charge in [-0.2, -0.15) is 0 Å². The Morgan fingerprint density at radius 3 is 2.34 bits per heavy atom. The molecule has 0 saturated carbocycles. The molecule has 2 saturated heterocycles. The first-order valence-electron chi connectivity index (χ1n) is 13.6. The first-order chi connectivity index (χ1) is 19.7. The van der Waals surface area contributed by atoms with E-state index in [1.54, 1.807) is 13.0 Å². The number of anilines is 2. The second kappa shape index (κ2) is 9.74. The molecule has 210 valence electrons. The second-order valence-electron chi connectivity index (χ2n) is 10.6. The zero-order chi connectivity index (χ0) is 29.1. The van der Waals surface area contributed by atoms with Crippen molar-refractivity contribution in [2.75, 3.05) is 16.8 Å². The molecule has 10 nitrogen and oxygen atoms in total. The molecule has 3 aromatic carbocycles. The van der Waals surface area contributed by atoms with E-state index >= 15 is 0 Å². The fourth-order valence-corrected chi connectivity index (χ4v) is 6.41. The van der Waals surface area contributed by atoms with E-state index in [1.165, 1.54) is 36.4 Å². The van der Waals surface area contributed by atoms with Gasteiger partial charge >= 0.3 is 5.97 Å². The Labute approximate surface area is 235 Å². The van der Waals surface area contributed by atoms with Gasteiger partial charge in [0.15, 0.2) is 11.5 Å². The molecule has 4 N–H and O–H groups in total. The number of ether oxygens (including phenoxy) is 1. The Hall–Kier alpha value is -4.70. The van der Waals surface area contributed by atoms with E-state index in [4.69, 9.17) is 4.74 Å². The number of aromatic hydroxyl groups is 2. The number of esters is 1. The summed E-state index contributed by atoms with van der Waals surface area (Å²) < 4.78 is 5.04. The molecule has 10 heteroatoms. The summed E-state index contributed by atoms with van der Waals surface area (Å²) in [5.74, 6) is -4.42. The number of phenols is 2. The Morgan fingerprint density at radius 2 is 1.66 bits per heavy atom. The zero-order valence-electron chi connectivity index (χ0n) is 22.5. The number of imide groups is 1. The van der Waals surface area contributed by atoms with Gasteiger partial charge in [0.2, 0.25) is 17.7 Å². The molecule has 6 rings (SSSR count). The van der Waals surface area contributed by atoms with Crippen LogP contribution in [-0.2, 0) is 37.5 Å². The lowest BCUT2D eigenvalue weighted by Gasteiger charge is -2.30. The van der Waals surface area contributed by atoms with Gasteiger partial charge in [0.05, 0.1) is 29.7 Å². The number of hydrogen-bond acceptors (Lipinski definition) is 8. The minimum Gasteiger partial charge on any atom is -0.504 e. The molecule has 3 aliphatic heterocycles. The van der Waals surface area contributed by atoms with Crippen molar-refractivity contribution in [2.45, 2.75) is 38.3 Å². The van der Waals surface area contributed by atoms with Gasteiger partial charge in [0, 0.05) is 17.3 Å². The average Bonchev–Trinajstić information content (AvgIpc) is 3.54. The van der Waals surface area contributed by atoms with Crippen LogP contribution in [0.2, 0.25) is 0 Å². The number of amides is 3. The second-order valence-corrected chi connectivity index (χ2v) is 10.6. The highest BCUT2D eigenvalue weighted by Gasteiger charge is 2.70. The molecule has 3 heterocycles. The summed E-state index contributed by atoms with van der Waals surface area (Å²) in [4.78, 5) is 55.3. The lowest BCUT2D eigenvalue weighted by atomic mass is 9.76. The van der Waals surface area contributed by atoms with Gasteiger partial charge in [-0.25, -0.2) is 9.69 Å². The number of rotatable bonds is 6. The summed E-state index contributed by atoms with van der Waals surface area (Å²) in [7, 11) is 0. The summed E-state index contributed by atoms with van der Waals surface area (Å²) >= 11 is 0. The molecule has 3 amide bonds. The predicted octanol–water partition coefficient (Wildman–Crippen LogP) is 3.00. The van der Waals surface area contributed by atoms with Crippen LogP contribution in [0.3, 0.4) is 0 Å². The number of carbonyl (C=O) groups is 4. The third kappa shape index (κ3) is 3.97. The smallest absolute Gasteiger partial charge is 0.338 e. The molecule has 2 unspecified atom stereocenters. The highest BCUT2D eigenvalue weighted by atomic mass is 16.5. The summed E-state index contributed by atoms with van der Waals surface area (Å²) in [6.07, 6.45) is 0.926. The number of aryl methyl sites for hydroxylation is 1. The molecule has 41 heavy (non-hydrogen) atoms. The molecule has 3 aliphatic rings. The molecule has 0 radical (unpaired) electrons. The highest BCUT2D eigenvalue weighted by molar-refractivity contribution is 6.25. The standard InChI is InChI=1S/C31H29N3O7/c1-3-16-5-11-21-20(13-16)31(30(40)32-21)26-25(22(33-31)14-17-6-12-23(35)24(36)15-17)27(37)34(28(26)38)19-9-7-18(8-10-19)29(39)41-4-2/h5-13,15,22,25-26,33,35-36H,3-4,14H2,1-2H3,(H,32,40)/t22?,25-,26+,31?/m1/s1. The van der Waals surface area contributed by atoms with Crippen LogP contribution in [0.1, 0.15) is 40.9 Å². The van der Waals surface area contributed by atoms with E-state index < -0.39 is 47.1 Å². The number of phenolic OH excluding ortho intramolecular Hbond substituents is 2. The van der Waals surface area contributed by atoms with Gasteiger partial charge in [-0.1, -0.05) is 25.1 Å². The molecule has 0 aromatic heterocycles. The first kappa shape index (κ1) is 26.5. The van der Waals surface area contributed by atoms with Crippen LogP contribution in [0.5, 0.6) is 11.5 Å². The minimum atomic E-state index is -1.48. The Bertz CT molecular complexity index is 1600. The van der Waals surface area contributed by atoms with Gasteiger partial charge < -0.3 is 20.3 Å². The van der Waals surface area contributed by atoms with Crippen molar-refractivity contribution in [1.82, 2.24) is 5.32 Å². The largest absolute Gasteiger partial charge is 0.504 e. The Morgan fingerprint density at radius 1 is 0.927 bits per heavy atom. The van der Waals surface area contributed by atoms with Crippen LogP contribution >= 0.6 is 0 Å². The zero-order valence-corrected chi connectivity index (χ0v) is 22.5. The van der Waals surface area contributed by atoms with Gasteiger partial charge in [-0.3, -0.25) is 19.7 Å². The monoisotopic (exact) mass is 555 g/mol. The number of nitrogens with zero attached hydrogens (tertiary/aromatic N) is 1. The SMILES string of the molecule is CCOC(=O)c1ccc(N2C(=O)[C@@H]3C(Cc4ccc(O)c(O)c4)NC4(C(=O)Nc5ccc(CC)cc54)[C@@H]3C2=O)cc1. The topological polar surface area (TPSA) is 145 Å². The van der Waals surface area contributed by atoms with Crippen LogP contribution in [0.4, 0.5) is 11.4 Å². The van der Waals surface area contributed by atoms with Crippen LogP contribution < -0.4 is 15.5 Å². The summed E-state index contributed by atoms with van der Waals surface area (Å²) in [6, 6.07) is 15.4. The lowest BCUT2D eigenvalue weighted by molar-refractivity contribution is -0.130. The van der Waals surface area contributed by atoms with Crippen molar-refractivity contribution in [3.8, 4) is 11.5 Å². The molecule has 2 fully saturated rings. The van der Waals surface area contributed by atoms with Crippen LogP contribution in [-0.4, -0.2) is 46.6 Å². The van der Waals surface area contributed by atoms with E-state index in [9.17, 15) is 29.4 Å². The third-order valence-corrected chi connectivity index (χ3v) is 8.32.